The Bertz CT molecular complexity index is 680. The van der Waals surface area contributed by atoms with Crippen molar-refractivity contribution in [3.63, 3.8) is 0 Å². The van der Waals surface area contributed by atoms with Gasteiger partial charge < -0.3 is 15.0 Å². The summed E-state index contributed by atoms with van der Waals surface area (Å²) in [6, 6.07) is 6.20. The maximum absolute atomic E-state index is 11.1. The predicted molar refractivity (Wildman–Crippen MR) is 85.9 cm³/mol. The molecule has 0 radical (unpaired) electrons. The molecule has 22 heavy (non-hydrogen) atoms. The second-order valence-electron chi connectivity index (χ2n) is 6.58. The Balaban J connectivity index is 1.79. The van der Waals surface area contributed by atoms with Gasteiger partial charge in [0, 0.05) is 19.4 Å². The quantitative estimate of drug-likeness (QED) is 0.910. The van der Waals surface area contributed by atoms with Gasteiger partial charge in [0.05, 0.1) is 11.0 Å². The molecule has 1 aliphatic heterocycles. The first-order valence-corrected chi connectivity index (χ1v) is 7.87. The minimum absolute atomic E-state index is 0.239. The number of carboxylic acid groups (broad SMARTS) is 1. The topological polar surface area (TPSA) is 69.2 Å². The Labute approximate surface area is 130 Å². The predicted octanol–water partition coefficient (Wildman–Crippen LogP) is 2.46. The average molecular weight is 301 g/mol. The van der Waals surface area contributed by atoms with Gasteiger partial charge >= 0.3 is 5.97 Å². The number of hydrogen-bond donors (Lipinski definition) is 2. The van der Waals surface area contributed by atoms with Gasteiger partial charge in [0.1, 0.15) is 5.82 Å². The molecule has 1 aromatic carbocycles. The number of aryl methyl sites for hydroxylation is 1. The molecular weight excluding hydrogens is 278 g/mol. The lowest BCUT2D eigenvalue weighted by Crippen LogP contribution is -2.40. The van der Waals surface area contributed by atoms with Crippen LogP contribution in [0.1, 0.15) is 24.2 Å². The summed E-state index contributed by atoms with van der Waals surface area (Å²) in [7, 11) is 2.10. The van der Waals surface area contributed by atoms with Crippen molar-refractivity contribution >= 4 is 17.0 Å². The number of carbonyl (C=O) groups is 1. The summed E-state index contributed by atoms with van der Waals surface area (Å²) in [6.45, 7) is 3.99. The highest BCUT2D eigenvalue weighted by molar-refractivity contribution is 5.75. The third-order valence-electron chi connectivity index (χ3n) is 4.67. The lowest BCUT2D eigenvalue weighted by atomic mass is 9.81. The van der Waals surface area contributed by atoms with Crippen molar-refractivity contribution in [2.75, 3.05) is 20.1 Å². The number of likely N-dealkylation sites (tertiary alicyclic amines) is 1. The van der Waals surface area contributed by atoms with Crippen molar-refractivity contribution in [2.24, 2.45) is 11.8 Å². The number of benzene rings is 1. The van der Waals surface area contributed by atoms with E-state index in [2.05, 4.69) is 41.0 Å². The molecule has 2 atom stereocenters. The molecule has 2 heterocycles. The molecule has 5 nitrogen and oxygen atoms in total. The molecule has 0 aliphatic carbocycles. The van der Waals surface area contributed by atoms with E-state index in [4.69, 9.17) is 5.11 Å². The van der Waals surface area contributed by atoms with Gasteiger partial charge in [-0.3, -0.25) is 4.79 Å². The van der Waals surface area contributed by atoms with Crippen LogP contribution in [0.4, 0.5) is 0 Å². The number of hydrogen-bond acceptors (Lipinski definition) is 3. The Morgan fingerprint density at radius 1 is 1.45 bits per heavy atom. The summed E-state index contributed by atoms with van der Waals surface area (Å²) >= 11 is 0. The van der Waals surface area contributed by atoms with Crippen LogP contribution in [0.3, 0.4) is 0 Å². The second kappa shape index (κ2) is 6.08. The van der Waals surface area contributed by atoms with Crippen LogP contribution in [-0.4, -0.2) is 46.1 Å². The van der Waals surface area contributed by atoms with Crippen molar-refractivity contribution in [1.82, 2.24) is 14.9 Å². The van der Waals surface area contributed by atoms with Gasteiger partial charge in [0.15, 0.2) is 0 Å². The number of imidazole rings is 1. The molecule has 0 spiro atoms. The fraction of sp³-hybridized carbons (Fsp3) is 0.529. The number of fused-ring (bicyclic) bond motifs is 1. The minimum Gasteiger partial charge on any atom is -0.481 e. The molecule has 0 bridgehead atoms. The lowest BCUT2D eigenvalue weighted by Gasteiger charge is -2.35. The Morgan fingerprint density at radius 3 is 3.05 bits per heavy atom. The summed E-state index contributed by atoms with van der Waals surface area (Å²) in [5, 5.41) is 9.12. The first-order valence-electron chi connectivity index (χ1n) is 7.87. The highest BCUT2D eigenvalue weighted by Gasteiger charge is 2.30. The van der Waals surface area contributed by atoms with Crippen LogP contribution in [0.2, 0.25) is 0 Å². The zero-order valence-electron chi connectivity index (χ0n) is 13.2. The van der Waals surface area contributed by atoms with Gasteiger partial charge in [0.25, 0.3) is 0 Å². The molecule has 1 aliphatic rings. The number of aliphatic carboxylic acids is 1. The van der Waals surface area contributed by atoms with Crippen LogP contribution in [0.5, 0.6) is 0 Å². The Kier molecular flexibility index (Phi) is 4.16. The number of rotatable bonds is 4. The summed E-state index contributed by atoms with van der Waals surface area (Å²) in [5.41, 5.74) is 3.26. The molecule has 2 N–H and O–H groups in total. The lowest BCUT2D eigenvalue weighted by molar-refractivity contribution is -0.139. The van der Waals surface area contributed by atoms with E-state index in [1.54, 1.807) is 0 Å². The molecule has 118 valence electrons. The van der Waals surface area contributed by atoms with E-state index in [0.29, 0.717) is 5.92 Å². The molecule has 2 unspecified atom stereocenters. The third-order valence-corrected chi connectivity index (χ3v) is 4.67. The van der Waals surface area contributed by atoms with E-state index in [1.165, 1.54) is 5.56 Å². The smallest absolute Gasteiger partial charge is 0.303 e. The van der Waals surface area contributed by atoms with Crippen molar-refractivity contribution in [3.8, 4) is 0 Å². The number of nitrogens with zero attached hydrogens (tertiary/aromatic N) is 2. The molecule has 5 heteroatoms. The molecular formula is C17H23N3O2. The SMILES string of the molecule is Cc1ccc2nc(CC3CN(C)CCC3CC(=O)O)[nH]c2c1. The number of piperidine rings is 1. The van der Waals surface area contributed by atoms with Gasteiger partial charge in [-0.05, 0) is 56.5 Å². The van der Waals surface area contributed by atoms with Crippen molar-refractivity contribution in [3.05, 3.63) is 29.6 Å². The molecule has 3 rings (SSSR count). The average Bonchev–Trinajstić information content (AvgIpc) is 2.83. The van der Waals surface area contributed by atoms with Crippen LogP contribution in [0.15, 0.2) is 18.2 Å². The van der Waals surface area contributed by atoms with Crippen molar-refractivity contribution in [2.45, 2.75) is 26.2 Å². The zero-order valence-corrected chi connectivity index (χ0v) is 13.2. The van der Waals surface area contributed by atoms with Gasteiger partial charge in [0.2, 0.25) is 0 Å². The summed E-state index contributed by atoms with van der Waals surface area (Å²) < 4.78 is 0. The highest BCUT2D eigenvalue weighted by atomic mass is 16.4. The van der Waals surface area contributed by atoms with Crippen LogP contribution < -0.4 is 0 Å². The van der Waals surface area contributed by atoms with Crippen LogP contribution in [-0.2, 0) is 11.2 Å². The van der Waals surface area contributed by atoms with Crippen LogP contribution in [0, 0.1) is 18.8 Å². The molecule has 1 fully saturated rings. The standard InChI is InChI=1S/C17H23N3O2/c1-11-3-4-14-15(7-11)19-16(18-14)8-13-10-20(2)6-5-12(13)9-17(21)22/h3-4,7,12-13H,5-6,8-10H2,1-2H3,(H,18,19)(H,21,22). The fourth-order valence-electron chi connectivity index (χ4n) is 3.51. The number of nitrogens with one attached hydrogen (secondary N) is 1. The maximum atomic E-state index is 11.1. The first kappa shape index (κ1) is 15.0. The van der Waals surface area contributed by atoms with Gasteiger partial charge in [-0.2, -0.15) is 0 Å². The molecule has 1 saturated heterocycles. The highest BCUT2D eigenvalue weighted by Crippen LogP contribution is 2.29. The summed E-state index contributed by atoms with van der Waals surface area (Å²) in [5.74, 6) is 0.858. The molecule has 0 amide bonds. The van der Waals surface area contributed by atoms with Crippen molar-refractivity contribution < 1.29 is 9.90 Å². The Morgan fingerprint density at radius 2 is 2.27 bits per heavy atom. The number of aromatic nitrogens is 2. The number of carboxylic acids is 1. The van der Waals surface area contributed by atoms with E-state index >= 15 is 0 Å². The van der Waals surface area contributed by atoms with Crippen molar-refractivity contribution in [1.29, 1.82) is 0 Å². The van der Waals surface area contributed by atoms with E-state index in [1.807, 2.05) is 6.07 Å². The summed E-state index contributed by atoms with van der Waals surface area (Å²) in [4.78, 5) is 21.4. The van der Waals surface area contributed by atoms with Crippen LogP contribution >= 0.6 is 0 Å². The number of H-pyrrole nitrogens is 1. The van der Waals surface area contributed by atoms with E-state index < -0.39 is 5.97 Å². The third kappa shape index (κ3) is 3.30. The fourth-order valence-corrected chi connectivity index (χ4v) is 3.51. The second-order valence-corrected chi connectivity index (χ2v) is 6.58. The van der Waals surface area contributed by atoms with Gasteiger partial charge in [-0.15, -0.1) is 0 Å². The van der Waals surface area contributed by atoms with Crippen LogP contribution in [0.25, 0.3) is 11.0 Å². The first-order chi connectivity index (χ1) is 10.5. The maximum Gasteiger partial charge on any atom is 0.303 e. The molecule has 1 aromatic heterocycles. The normalized spacial score (nSPS) is 23.0. The Hall–Kier alpha value is -1.88. The molecule has 0 saturated carbocycles. The van der Waals surface area contributed by atoms with E-state index in [-0.39, 0.29) is 12.3 Å². The largest absolute Gasteiger partial charge is 0.481 e. The summed E-state index contributed by atoms with van der Waals surface area (Å²) in [6.07, 6.45) is 2.03. The van der Waals surface area contributed by atoms with Gasteiger partial charge in [-0.25, -0.2) is 4.98 Å². The monoisotopic (exact) mass is 301 g/mol. The van der Waals surface area contributed by atoms with E-state index in [0.717, 1.165) is 42.8 Å². The molecule has 2 aromatic rings. The van der Waals surface area contributed by atoms with E-state index in [9.17, 15) is 4.79 Å². The number of aromatic amines is 1. The minimum atomic E-state index is -0.695. The zero-order chi connectivity index (χ0) is 15.7. The van der Waals surface area contributed by atoms with Gasteiger partial charge in [-0.1, -0.05) is 6.07 Å².